The van der Waals surface area contributed by atoms with Gasteiger partial charge in [0.25, 0.3) is 0 Å². The molecule has 1 aromatic rings. The van der Waals surface area contributed by atoms with Crippen LogP contribution in [0.15, 0.2) is 18.2 Å². The average molecular weight is 312 g/mol. The fourth-order valence-electron chi connectivity index (χ4n) is 2.06. The van der Waals surface area contributed by atoms with E-state index < -0.39 is 11.4 Å². The molecular formula is C15H18ClNO4. The third kappa shape index (κ3) is 3.67. The SMILES string of the molecule is CC(C)(CNC(=O)C1COc2ccc(Cl)cc2C1)C(=O)O. The molecule has 0 aliphatic carbocycles. The van der Waals surface area contributed by atoms with Gasteiger partial charge in [-0.3, -0.25) is 9.59 Å². The van der Waals surface area contributed by atoms with E-state index in [0.717, 1.165) is 11.3 Å². The van der Waals surface area contributed by atoms with Gasteiger partial charge in [-0.15, -0.1) is 0 Å². The quantitative estimate of drug-likeness (QED) is 0.893. The number of carboxylic acids is 1. The van der Waals surface area contributed by atoms with E-state index >= 15 is 0 Å². The summed E-state index contributed by atoms with van der Waals surface area (Å²) in [6, 6.07) is 5.33. The van der Waals surface area contributed by atoms with Crippen LogP contribution in [-0.2, 0) is 16.0 Å². The highest BCUT2D eigenvalue weighted by molar-refractivity contribution is 6.30. The molecular weight excluding hydrogens is 294 g/mol. The molecule has 1 atom stereocenters. The molecule has 0 spiro atoms. The Morgan fingerprint density at radius 1 is 1.48 bits per heavy atom. The first-order chi connectivity index (χ1) is 9.79. The molecule has 5 nitrogen and oxygen atoms in total. The minimum absolute atomic E-state index is 0.0834. The summed E-state index contributed by atoms with van der Waals surface area (Å²) in [5.74, 6) is -0.732. The molecule has 0 saturated heterocycles. The summed E-state index contributed by atoms with van der Waals surface area (Å²) >= 11 is 5.94. The lowest BCUT2D eigenvalue weighted by Gasteiger charge is -2.26. The van der Waals surface area contributed by atoms with Gasteiger partial charge in [0.2, 0.25) is 5.91 Å². The van der Waals surface area contributed by atoms with E-state index in [1.165, 1.54) is 0 Å². The van der Waals surface area contributed by atoms with Crippen molar-refractivity contribution in [3.05, 3.63) is 28.8 Å². The molecule has 2 rings (SSSR count). The summed E-state index contributed by atoms with van der Waals surface area (Å²) in [4.78, 5) is 23.2. The highest BCUT2D eigenvalue weighted by Gasteiger charge is 2.31. The van der Waals surface area contributed by atoms with Gasteiger partial charge in [-0.25, -0.2) is 0 Å². The summed E-state index contributed by atoms with van der Waals surface area (Å²) in [5, 5.41) is 12.3. The lowest BCUT2D eigenvalue weighted by atomic mass is 9.92. The molecule has 0 radical (unpaired) electrons. The number of hydrogen-bond donors (Lipinski definition) is 2. The third-order valence-corrected chi connectivity index (χ3v) is 3.82. The molecule has 114 valence electrons. The predicted molar refractivity (Wildman–Crippen MR) is 78.6 cm³/mol. The number of carbonyl (C=O) groups is 2. The topological polar surface area (TPSA) is 75.6 Å². The zero-order valence-electron chi connectivity index (χ0n) is 12.0. The summed E-state index contributed by atoms with van der Waals surface area (Å²) in [6.45, 7) is 3.51. The first kappa shape index (κ1) is 15.6. The third-order valence-electron chi connectivity index (χ3n) is 3.58. The van der Waals surface area contributed by atoms with Crippen LogP contribution in [0.5, 0.6) is 5.75 Å². The number of fused-ring (bicyclic) bond motifs is 1. The van der Waals surface area contributed by atoms with Crippen LogP contribution in [0, 0.1) is 11.3 Å². The first-order valence-electron chi connectivity index (χ1n) is 6.72. The van der Waals surface area contributed by atoms with Crippen molar-refractivity contribution < 1.29 is 19.4 Å². The number of rotatable bonds is 4. The van der Waals surface area contributed by atoms with Crippen molar-refractivity contribution in [1.29, 1.82) is 0 Å². The normalized spacial score (nSPS) is 17.6. The van der Waals surface area contributed by atoms with Gasteiger partial charge in [0.05, 0.1) is 11.3 Å². The van der Waals surface area contributed by atoms with Gasteiger partial charge in [-0.1, -0.05) is 11.6 Å². The molecule has 0 aromatic heterocycles. The van der Waals surface area contributed by atoms with Gasteiger partial charge in [-0.2, -0.15) is 0 Å². The molecule has 0 bridgehead atoms. The number of carbonyl (C=O) groups excluding carboxylic acids is 1. The Bertz CT molecular complexity index is 571. The Morgan fingerprint density at radius 2 is 2.19 bits per heavy atom. The number of halogens is 1. The Labute approximate surface area is 128 Å². The van der Waals surface area contributed by atoms with Gasteiger partial charge >= 0.3 is 5.97 Å². The number of carboxylic acid groups (broad SMARTS) is 1. The maximum atomic E-state index is 12.1. The van der Waals surface area contributed by atoms with Crippen LogP contribution in [-0.4, -0.2) is 30.1 Å². The molecule has 0 fully saturated rings. The van der Waals surface area contributed by atoms with Crippen LogP contribution in [0.3, 0.4) is 0 Å². The number of benzene rings is 1. The average Bonchev–Trinajstić information content (AvgIpc) is 2.43. The highest BCUT2D eigenvalue weighted by atomic mass is 35.5. The lowest BCUT2D eigenvalue weighted by molar-refractivity contribution is -0.146. The van der Waals surface area contributed by atoms with Crippen molar-refractivity contribution in [2.24, 2.45) is 11.3 Å². The van der Waals surface area contributed by atoms with Crippen molar-refractivity contribution in [2.45, 2.75) is 20.3 Å². The standard InChI is InChI=1S/C15H18ClNO4/c1-15(2,14(19)20)8-17-13(18)10-5-9-6-11(16)3-4-12(9)21-7-10/h3-4,6,10H,5,7-8H2,1-2H3,(H,17,18)(H,19,20). The monoisotopic (exact) mass is 311 g/mol. The Kier molecular flexibility index (Phi) is 4.42. The molecule has 1 unspecified atom stereocenters. The second kappa shape index (κ2) is 5.93. The van der Waals surface area contributed by atoms with Crippen molar-refractivity contribution in [3.8, 4) is 5.75 Å². The van der Waals surface area contributed by atoms with Crippen molar-refractivity contribution in [2.75, 3.05) is 13.2 Å². The minimum atomic E-state index is -0.994. The Balaban J connectivity index is 1.98. The molecule has 1 aliphatic rings. The van der Waals surface area contributed by atoms with Gasteiger partial charge in [0.1, 0.15) is 12.4 Å². The van der Waals surface area contributed by atoms with Gasteiger partial charge < -0.3 is 15.2 Å². The smallest absolute Gasteiger partial charge is 0.310 e. The number of nitrogens with one attached hydrogen (secondary N) is 1. The van der Waals surface area contributed by atoms with Gasteiger partial charge in [-0.05, 0) is 44.0 Å². The van der Waals surface area contributed by atoms with E-state index in [4.69, 9.17) is 21.4 Å². The fourth-order valence-corrected chi connectivity index (χ4v) is 2.25. The largest absolute Gasteiger partial charge is 0.492 e. The number of hydrogen-bond acceptors (Lipinski definition) is 3. The fraction of sp³-hybridized carbons (Fsp3) is 0.467. The maximum absolute atomic E-state index is 12.1. The Hall–Kier alpha value is -1.75. The number of ether oxygens (including phenoxy) is 1. The van der Waals surface area contributed by atoms with Crippen molar-refractivity contribution in [1.82, 2.24) is 5.32 Å². The molecule has 21 heavy (non-hydrogen) atoms. The lowest BCUT2D eigenvalue weighted by Crippen LogP contribution is -2.43. The van der Waals surface area contributed by atoms with Crippen LogP contribution in [0.1, 0.15) is 19.4 Å². The summed E-state index contributed by atoms with van der Waals surface area (Å²) < 4.78 is 5.56. The second-order valence-electron chi connectivity index (χ2n) is 5.87. The van der Waals surface area contributed by atoms with Crippen LogP contribution < -0.4 is 10.1 Å². The van der Waals surface area contributed by atoms with E-state index in [1.54, 1.807) is 32.0 Å². The van der Waals surface area contributed by atoms with E-state index in [1.807, 2.05) is 0 Å². The predicted octanol–water partition coefficient (Wildman–Crippen LogP) is 2.12. The zero-order chi connectivity index (χ0) is 15.6. The van der Waals surface area contributed by atoms with Crippen LogP contribution in [0.2, 0.25) is 5.02 Å². The minimum Gasteiger partial charge on any atom is -0.492 e. The molecule has 2 N–H and O–H groups in total. The molecule has 0 saturated carbocycles. The molecule has 1 aromatic carbocycles. The van der Waals surface area contributed by atoms with Crippen molar-refractivity contribution >= 4 is 23.5 Å². The highest BCUT2D eigenvalue weighted by Crippen LogP contribution is 2.29. The van der Waals surface area contributed by atoms with E-state index in [9.17, 15) is 9.59 Å². The zero-order valence-corrected chi connectivity index (χ0v) is 12.7. The summed E-state index contributed by atoms with van der Waals surface area (Å²) in [7, 11) is 0. The van der Waals surface area contributed by atoms with Crippen LogP contribution in [0.4, 0.5) is 0 Å². The van der Waals surface area contributed by atoms with Gasteiger partial charge in [0.15, 0.2) is 0 Å². The molecule has 1 heterocycles. The van der Waals surface area contributed by atoms with Gasteiger partial charge in [0, 0.05) is 11.6 Å². The summed E-state index contributed by atoms with van der Waals surface area (Å²) in [6.07, 6.45) is 0.537. The molecule has 6 heteroatoms. The van der Waals surface area contributed by atoms with Crippen LogP contribution >= 0.6 is 11.6 Å². The Morgan fingerprint density at radius 3 is 2.86 bits per heavy atom. The second-order valence-corrected chi connectivity index (χ2v) is 6.31. The van der Waals surface area contributed by atoms with Crippen molar-refractivity contribution in [3.63, 3.8) is 0 Å². The van der Waals surface area contributed by atoms with E-state index in [-0.39, 0.29) is 25.0 Å². The first-order valence-corrected chi connectivity index (χ1v) is 7.10. The molecule has 1 amide bonds. The van der Waals surface area contributed by atoms with E-state index in [0.29, 0.717) is 11.4 Å². The van der Waals surface area contributed by atoms with Crippen LogP contribution in [0.25, 0.3) is 0 Å². The number of amides is 1. The summed E-state index contributed by atoms with van der Waals surface area (Å²) in [5.41, 5.74) is -0.0988. The maximum Gasteiger partial charge on any atom is 0.310 e. The number of aliphatic carboxylic acids is 1. The molecule has 1 aliphatic heterocycles. The van der Waals surface area contributed by atoms with E-state index in [2.05, 4.69) is 5.32 Å².